The van der Waals surface area contributed by atoms with Crippen LogP contribution in [0.4, 0.5) is 11.4 Å². The number of hydrogen-bond donors (Lipinski definition) is 3. The van der Waals surface area contributed by atoms with Crippen LogP contribution in [0.15, 0.2) is 97.1 Å². The maximum absolute atomic E-state index is 11.4. The average Bonchev–Trinajstić information content (AvgIpc) is 2.85. The minimum absolute atomic E-state index is 0. The molecule has 0 spiro atoms. The number of aliphatic carboxylic acids is 1. The Kier molecular flexibility index (Phi) is 43.7. The number of nitrogens with zero attached hydrogens (tertiary/aromatic N) is 3. The van der Waals surface area contributed by atoms with E-state index in [1.54, 1.807) is 18.2 Å². The zero-order chi connectivity index (χ0) is 30.8. The lowest BCUT2D eigenvalue weighted by atomic mass is 10.3. The monoisotopic (exact) mass is 677 g/mol. The van der Waals surface area contributed by atoms with E-state index in [0.29, 0.717) is 6.54 Å². The molecule has 2 aromatic carbocycles. The second-order valence-corrected chi connectivity index (χ2v) is 9.27. The van der Waals surface area contributed by atoms with Crippen molar-refractivity contribution >= 4 is 64.9 Å². The fourth-order valence-electron chi connectivity index (χ4n) is 2.25. The number of benzene rings is 2. The van der Waals surface area contributed by atoms with Gasteiger partial charge >= 0.3 is 5.97 Å². The van der Waals surface area contributed by atoms with E-state index >= 15 is 0 Å². The van der Waals surface area contributed by atoms with Crippen LogP contribution in [0.1, 0.15) is 14.9 Å². The Hall–Kier alpha value is -3.18. The molecule has 0 aromatic heterocycles. The highest BCUT2D eigenvalue weighted by atomic mass is 35.5. The predicted molar refractivity (Wildman–Crippen MR) is 195 cm³/mol. The largest absolute Gasteiger partial charge is 0.478 e. The number of hydrogen-bond acceptors (Lipinski definition) is 7. The molecule has 44 heavy (non-hydrogen) atoms. The first kappa shape index (κ1) is 53.4. The number of rotatable bonds is 10. The molecule has 0 aliphatic carbocycles. The molecule has 252 valence electrons. The van der Waals surface area contributed by atoms with Crippen LogP contribution in [-0.2, 0) is 14.4 Å². The van der Waals surface area contributed by atoms with Gasteiger partial charge < -0.3 is 30.9 Å². The van der Waals surface area contributed by atoms with Gasteiger partial charge in [0.25, 0.3) is 0 Å². The first-order chi connectivity index (χ1) is 18.8. The number of carbonyl (C=O) groups excluding carboxylic acids is 2. The van der Waals surface area contributed by atoms with E-state index in [2.05, 4.69) is 5.32 Å². The molecule has 2 rings (SSSR count). The highest BCUT2D eigenvalue weighted by molar-refractivity contribution is 6.66. The van der Waals surface area contributed by atoms with E-state index in [-0.39, 0.29) is 45.6 Å². The highest BCUT2D eigenvalue weighted by Crippen LogP contribution is 2.04. The molecule has 12 heteroatoms. The van der Waals surface area contributed by atoms with E-state index in [1.165, 1.54) is 6.08 Å². The van der Waals surface area contributed by atoms with Gasteiger partial charge in [0, 0.05) is 43.2 Å². The first-order valence-corrected chi connectivity index (χ1v) is 12.7. The number of amides is 1. The molecule has 1 amide bonds. The summed E-state index contributed by atoms with van der Waals surface area (Å²) in [5.74, 6) is -0.986. The number of carbonyl (C=O) groups is 3. The van der Waals surface area contributed by atoms with Crippen LogP contribution >= 0.6 is 36.4 Å². The fraction of sp³-hybridized carbons (Fsp3) is 0.344. The summed E-state index contributed by atoms with van der Waals surface area (Å²) in [4.78, 5) is 37.2. The summed E-state index contributed by atoms with van der Waals surface area (Å²) in [6.07, 6.45) is 9.19. The Balaban J connectivity index is -0.000000111. The summed E-state index contributed by atoms with van der Waals surface area (Å²) in [6.45, 7) is 2.19. The zero-order valence-electron chi connectivity index (χ0n) is 25.1. The number of carboxylic acid groups (broad SMARTS) is 1. The SMILES string of the molecule is C.C.CN(C)C/C=C/C(=O)Cl.CN(C)C/C=C/C(=O)Nc1ccccc1.CN(C)C/C=C/C(=O)O.Cl.Cl.Nc1ccccc1. The molecular weight excluding hydrogens is 625 g/mol. The Morgan fingerprint density at radius 2 is 1.07 bits per heavy atom. The first-order valence-electron chi connectivity index (χ1n) is 12.4. The molecule has 0 radical (unpaired) electrons. The molecule has 0 saturated heterocycles. The van der Waals surface area contributed by atoms with Crippen molar-refractivity contribution in [1.29, 1.82) is 0 Å². The predicted octanol–water partition coefficient (Wildman–Crippen LogP) is 6.19. The van der Waals surface area contributed by atoms with Crippen LogP contribution in [0.3, 0.4) is 0 Å². The Morgan fingerprint density at radius 1 is 0.705 bits per heavy atom. The minimum atomic E-state index is -0.892. The molecule has 0 aliphatic rings. The van der Waals surface area contributed by atoms with Gasteiger partial charge in [-0.3, -0.25) is 9.59 Å². The molecule has 2 aromatic rings. The van der Waals surface area contributed by atoms with E-state index < -0.39 is 11.2 Å². The summed E-state index contributed by atoms with van der Waals surface area (Å²) in [7, 11) is 11.5. The van der Waals surface area contributed by atoms with Gasteiger partial charge in [-0.25, -0.2) is 4.79 Å². The lowest BCUT2D eigenvalue weighted by Gasteiger charge is -2.04. The van der Waals surface area contributed by atoms with Crippen molar-refractivity contribution in [3.63, 3.8) is 0 Å². The van der Waals surface area contributed by atoms with Crippen molar-refractivity contribution in [2.45, 2.75) is 14.9 Å². The number of carboxylic acids is 1. The number of anilines is 2. The van der Waals surface area contributed by atoms with E-state index in [9.17, 15) is 14.4 Å². The quantitative estimate of drug-likeness (QED) is 0.155. The highest BCUT2D eigenvalue weighted by Gasteiger charge is 1.95. The number of likely N-dealkylation sites (N-methyl/N-ethyl adjacent to an activating group) is 3. The summed E-state index contributed by atoms with van der Waals surface area (Å²) >= 11 is 5.02. The van der Waals surface area contributed by atoms with Gasteiger partial charge in [0.05, 0.1) is 0 Å². The lowest BCUT2D eigenvalue weighted by Crippen LogP contribution is -2.12. The minimum Gasteiger partial charge on any atom is -0.478 e. The van der Waals surface area contributed by atoms with Gasteiger partial charge in [-0.05, 0) is 84.2 Å². The van der Waals surface area contributed by atoms with Gasteiger partial charge in [-0.2, -0.15) is 0 Å². The number of halogens is 3. The topological polar surface area (TPSA) is 119 Å². The van der Waals surface area contributed by atoms with Crippen LogP contribution in [0.25, 0.3) is 0 Å². The third kappa shape index (κ3) is 45.8. The van der Waals surface area contributed by atoms with Crippen molar-refractivity contribution in [1.82, 2.24) is 14.7 Å². The molecule has 0 aliphatic heterocycles. The molecule has 0 atom stereocenters. The summed E-state index contributed by atoms with van der Waals surface area (Å²) in [5, 5.41) is 10.5. The van der Waals surface area contributed by atoms with Crippen LogP contribution in [0.2, 0.25) is 0 Å². The summed E-state index contributed by atoms with van der Waals surface area (Å²) in [6, 6.07) is 18.9. The van der Waals surface area contributed by atoms with Crippen molar-refractivity contribution in [2.24, 2.45) is 0 Å². The maximum Gasteiger partial charge on any atom is 0.328 e. The van der Waals surface area contributed by atoms with Crippen LogP contribution < -0.4 is 11.1 Å². The molecule has 0 heterocycles. The summed E-state index contributed by atoms with van der Waals surface area (Å²) in [5.41, 5.74) is 7.00. The molecule has 0 saturated carbocycles. The van der Waals surface area contributed by atoms with Crippen LogP contribution in [0.5, 0.6) is 0 Å². The van der Waals surface area contributed by atoms with Gasteiger partial charge in [-0.15, -0.1) is 24.8 Å². The van der Waals surface area contributed by atoms with Gasteiger partial charge in [-0.1, -0.05) is 69.5 Å². The Morgan fingerprint density at radius 3 is 1.39 bits per heavy atom. The Labute approximate surface area is 283 Å². The van der Waals surface area contributed by atoms with Crippen molar-refractivity contribution in [3.05, 3.63) is 97.1 Å². The summed E-state index contributed by atoms with van der Waals surface area (Å²) < 4.78 is 0. The third-order valence-electron chi connectivity index (χ3n) is 4.03. The fourth-order valence-corrected chi connectivity index (χ4v) is 2.34. The van der Waals surface area contributed by atoms with E-state index in [4.69, 9.17) is 22.4 Å². The molecule has 0 unspecified atom stereocenters. The number of nitrogens with one attached hydrogen (secondary N) is 1. The standard InChI is InChI=1S/C12H16N2O.C6H10ClNO.C6H11NO2.C6H7N.2CH4.2ClH/c1-14(2)10-6-9-12(15)13-11-7-4-3-5-8-11;1-8(2)5-3-4-6(7)9;1-7(2)5-3-4-6(8)9;7-6-4-2-1-3-5-6;;;;/h3-9H,10H2,1-2H3,(H,13,15);3-4H,5H2,1-2H3;3-4H,5H2,1-2H3,(H,8,9);1-5H,7H2;2*1H4;2*1H/b9-6+;2*4-3+;;;;;. The number of para-hydroxylation sites is 2. The molecular formula is C32H54Cl3N5O4. The van der Waals surface area contributed by atoms with Gasteiger partial charge in [0.2, 0.25) is 11.1 Å². The van der Waals surface area contributed by atoms with Gasteiger partial charge in [0.15, 0.2) is 0 Å². The van der Waals surface area contributed by atoms with Crippen LogP contribution in [0, 0.1) is 0 Å². The third-order valence-corrected chi connectivity index (χ3v) is 4.16. The molecule has 0 fully saturated rings. The van der Waals surface area contributed by atoms with E-state index in [1.807, 2.05) is 124 Å². The second-order valence-electron chi connectivity index (χ2n) is 8.90. The molecule has 9 nitrogen and oxygen atoms in total. The van der Waals surface area contributed by atoms with Crippen molar-refractivity contribution in [2.75, 3.05) is 73.0 Å². The lowest BCUT2D eigenvalue weighted by molar-refractivity contribution is -0.131. The number of nitrogen functional groups attached to an aromatic ring is 1. The van der Waals surface area contributed by atoms with Crippen molar-refractivity contribution < 1.29 is 19.5 Å². The number of nitrogens with two attached hydrogens (primary N) is 1. The normalized spacial score (nSPS) is 9.59. The Bertz CT molecular complexity index is 1000. The smallest absolute Gasteiger partial charge is 0.328 e. The van der Waals surface area contributed by atoms with E-state index in [0.717, 1.165) is 30.5 Å². The number of allylic oxidation sites excluding steroid dienone is 1. The average molecular weight is 679 g/mol. The second kappa shape index (κ2) is 36.0. The zero-order valence-corrected chi connectivity index (χ0v) is 27.5. The molecule has 4 N–H and O–H groups in total. The van der Waals surface area contributed by atoms with Crippen molar-refractivity contribution in [3.8, 4) is 0 Å². The van der Waals surface area contributed by atoms with Gasteiger partial charge in [0.1, 0.15) is 0 Å². The molecule has 0 bridgehead atoms. The maximum atomic E-state index is 11.4. The van der Waals surface area contributed by atoms with Crippen LogP contribution in [-0.4, -0.2) is 98.8 Å².